The number of nitrogens with one attached hydrogen (secondary N) is 4. The largest absolute Gasteiger partial charge is 0.467 e. The standard InChI is InChI=1S/C35H40N4O8/c1-19-26(36-20(2)29(19)32(42)39-28(34(44)46-7)18-47-35(3,4)5)17-24-23-16-22(13-14-25(23)37-31(24)41)30(40)38-27(33(43)45-6)15-21-11-9-8-10-12-21/h8-14,16-17,27-28,36H,15,18H2,1-7H3,(H,37,41)(H,38,40)(H,39,42). The number of aromatic amines is 1. The van der Waals surface area contributed by atoms with Crippen molar-refractivity contribution in [2.45, 2.75) is 58.7 Å². The molecule has 1 aromatic heterocycles. The van der Waals surface area contributed by atoms with Gasteiger partial charge in [-0.1, -0.05) is 30.3 Å². The first-order chi connectivity index (χ1) is 22.2. The second-order valence-electron chi connectivity index (χ2n) is 12.1. The zero-order valence-corrected chi connectivity index (χ0v) is 27.5. The number of benzene rings is 2. The Labute approximate surface area is 273 Å². The molecule has 0 aliphatic carbocycles. The maximum absolute atomic E-state index is 13.4. The van der Waals surface area contributed by atoms with Gasteiger partial charge in [-0.25, -0.2) is 9.59 Å². The predicted molar refractivity (Wildman–Crippen MR) is 176 cm³/mol. The van der Waals surface area contributed by atoms with Gasteiger partial charge in [0.15, 0.2) is 6.04 Å². The number of aromatic nitrogens is 1. The average Bonchev–Trinajstić information content (AvgIpc) is 3.50. The number of rotatable bonds is 11. The number of ether oxygens (including phenoxy) is 3. The second kappa shape index (κ2) is 14.5. The molecule has 47 heavy (non-hydrogen) atoms. The minimum atomic E-state index is -1.04. The first-order valence-corrected chi connectivity index (χ1v) is 15.0. The molecular formula is C35H40N4O8. The molecule has 0 saturated heterocycles. The molecule has 0 saturated carbocycles. The summed E-state index contributed by atoms with van der Waals surface area (Å²) in [5.41, 5.74) is 3.66. The topological polar surface area (TPSA) is 165 Å². The number of methoxy groups -OCH3 is 2. The number of amides is 3. The molecule has 0 fully saturated rings. The van der Waals surface area contributed by atoms with E-state index in [9.17, 15) is 24.0 Å². The molecule has 248 valence electrons. The highest BCUT2D eigenvalue weighted by Gasteiger charge is 2.30. The van der Waals surface area contributed by atoms with E-state index < -0.39 is 47.3 Å². The molecule has 0 radical (unpaired) electrons. The van der Waals surface area contributed by atoms with E-state index in [2.05, 4.69) is 20.9 Å². The lowest BCUT2D eigenvalue weighted by molar-refractivity contribution is -0.146. The first-order valence-electron chi connectivity index (χ1n) is 15.0. The summed E-state index contributed by atoms with van der Waals surface area (Å²) in [4.78, 5) is 67.8. The summed E-state index contributed by atoms with van der Waals surface area (Å²) in [5.74, 6) is -2.65. The summed E-state index contributed by atoms with van der Waals surface area (Å²) in [6.45, 7) is 8.85. The van der Waals surface area contributed by atoms with Crippen molar-refractivity contribution in [1.82, 2.24) is 15.6 Å². The Balaban J connectivity index is 1.59. The van der Waals surface area contributed by atoms with E-state index in [0.29, 0.717) is 33.8 Å². The third-order valence-corrected chi connectivity index (χ3v) is 7.60. The Morgan fingerprint density at radius 2 is 1.53 bits per heavy atom. The van der Waals surface area contributed by atoms with Crippen molar-refractivity contribution < 1.29 is 38.2 Å². The maximum atomic E-state index is 13.4. The Kier molecular flexibility index (Phi) is 10.7. The molecule has 2 heterocycles. The third-order valence-electron chi connectivity index (χ3n) is 7.60. The molecule has 12 heteroatoms. The number of H-pyrrole nitrogens is 1. The summed E-state index contributed by atoms with van der Waals surface area (Å²) in [7, 11) is 2.49. The molecule has 0 bridgehead atoms. The monoisotopic (exact) mass is 644 g/mol. The van der Waals surface area contributed by atoms with Crippen LogP contribution >= 0.6 is 0 Å². The minimum Gasteiger partial charge on any atom is -0.467 e. The van der Waals surface area contributed by atoms with Crippen molar-refractivity contribution in [3.8, 4) is 0 Å². The van der Waals surface area contributed by atoms with Crippen LogP contribution in [0.4, 0.5) is 5.69 Å². The lowest BCUT2D eigenvalue weighted by atomic mass is 10.0. The molecule has 1 aliphatic heterocycles. The van der Waals surface area contributed by atoms with Gasteiger partial charge in [-0.3, -0.25) is 14.4 Å². The summed E-state index contributed by atoms with van der Waals surface area (Å²) >= 11 is 0. The van der Waals surface area contributed by atoms with Crippen LogP contribution in [0, 0.1) is 13.8 Å². The molecule has 12 nitrogen and oxygen atoms in total. The van der Waals surface area contributed by atoms with Crippen LogP contribution in [-0.2, 0) is 35.0 Å². The highest BCUT2D eigenvalue weighted by molar-refractivity contribution is 6.35. The number of aryl methyl sites for hydroxylation is 1. The van der Waals surface area contributed by atoms with Crippen LogP contribution in [0.15, 0.2) is 48.5 Å². The van der Waals surface area contributed by atoms with Gasteiger partial charge in [-0.05, 0) is 70.0 Å². The van der Waals surface area contributed by atoms with Crippen LogP contribution < -0.4 is 16.0 Å². The van der Waals surface area contributed by atoms with Gasteiger partial charge in [0.05, 0.1) is 37.6 Å². The van der Waals surface area contributed by atoms with Crippen LogP contribution in [-0.4, -0.2) is 73.2 Å². The fourth-order valence-corrected chi connectivity index (χ4v) is 5.18. The van der Waals surface area contributed by atoms with Gasteiger partial charge in [-0.2, -0.15) is 0 Å². The normalized spacial score (nSPS) is 14.5. The number of hydrogen-bond acceptors (Lipinski definition) is 8. The number of carbonyl (C=O) groups is 5. The van der Waals surface area contributed by atoms with Crippen LogP contribution in [0.2, 0.25) is 0 Å². The van der Waals surface area contributed by atoms with Crippen molar-refractivity contribution in [1.29, 1.82) is 0 Å². The Morgan fingerprint density at radius 3 is 2.17 bits per heavy atom. The molecule has 3 amide bonds. The minimum absolute atomic E-state index is 0.0825. The predicted octanol–water partition coefficient (Wildman–Crippen LogP) is 3.72. The molecule has 0 spiro atoms. The van der Waals surface area contributed by atoms with Gasteiger partial charge < -0.3 is 35.1 Å². The summed E-state index contributed by atoms with van der Waals surface area (Å²) in [6.07, 6.45) is 1.84. The van der Waals surface area contributed by atoms with Gasteiger partial charge in [0, 0.05) is 34.6 Å². The fraction of sp³-hybridized carbons (Fsp3) is 0.343. The maximum Gasteiger partial charge on any atom is 0.330 e. The van der Waals surface area contributed by atoms with E-state index in [-0.39, 0.29) is 24.2 Å². The van der Waals surface area contributed by atoms with Gasteiger partial charge in [-0.15, -0.1) is 0 Å². The van der Waals surface area contributed by atoms with Crippen LogP contribution in [0.5, 0.6) is 0 Å². The number of esters is 2. The molecule has 3 aromatic rings. The van der Waals surface area contributed by atoms with E-state index in [1.54, 1.807) is 38.1 Å². The van der Waals surface area contributed by atoms with Crippen LogP contribution in [0.3, 0.4) is 0 Å². The van der Waals surface area contributed by atoms with E-state index in [4.69, 9.17) is 14.2 Å². The van der Waals surface area contributed by atoms with E-state index >= 15 is 0 Å². The van der Waals surface area contributed by atoms with Crippen molar-refractivity contribution >= 4 is 47.0 Å². The highest BCUT2D eigenvalue weighted by Crippen LogP contribution is 2.35. The molecule has 2 unspecified atom stereocenters. The smallest absolute Gasteiger partial charge is 0.330 e. The highest BCUT2D eigenvalue weighted by atomic mass is 16.5. The number of hydrogen-bond donors (Lipinski definition) is 4. The number of anilines is 1. The Hall–Kier alpha value is -5.23. The average molecular weight is 645 g/mol. The lowest BCUT2D eigenvalue weighted by Gasteiger charge is -2.24. The fourth-order valence-electron chi connectivity index (χ4n) is 5.18. The second-order valence-corrected chi connectivity index (χ2v) is 12.1. The molecule has 2 atom stereocenters. The van der Waals surface area contributed by atoms with Gasteiger partial charge in [0.25, 0.3) is 17.7 Å². The zero-order valence-electron chi connectivity index (χ0n) is 27.5. The van der Waals surface area contributed by atoms with E-state index in [0.717, 1.165) is 5.56 Å². The number of fused-ring (bicyclic) bond motifs is 1. The van der Waals surface area contributed by atoms with Crippen molar-refractivity contribution in [3.05, 3.63) is 87.7 Å². The van der Waals surface area contributed by atoms with Gasteiger partial charge in [0.1, 0.15) is 6.04 Å². The molecular weight excluding hydrogens is 604 g/mol. The van der Waals surface area contributed by atoms with E-state index in [1.807, 2.05) is 51.1 Å². The van der Waals surface area contributed by atoms with Gasteiger partial charge >= 0.3 is 11.9 Å². The lowest BCUT2D eigenvalue weighted by Crippen LogP contribution is -2.46. The summed E-state index contributed by atoms with van der Waals surface area (Å²) in [6, 6.07) is 12.0. The molecule has 4 N–H and O–H groups in total. The molecule has 2 aromatic carbocycles. The Bertz CT molecular complexity index is 1720. The van der Waals surface area contributed by atoms with Crippen LogP contribution in [0.25, 0.3) is 11.6 Å². The van der Waals surface area contributed by atoms with Gasteiger partial charge in [0.2, 0.25) is 0 Å². The summed E-state index contributed by atoms with van der Waals surface area (Å²) in [5, 5.41) is 8.24. The third kappa shape index (κ3) is 8.33. The number of carbonyl (C=O) groups excluding carboxylic acids is 5. The van der Waals surface area contributed by atoms with Crippen molar-refractivity contribution in [2.24, 2.45) is 0 Å². The molecule has 4 rings (SSSR count). The first kappa shape index (κ1) is 34.6. The van der Waals surface area contributed by atoms with Crippen LogP contribution in [0.1, 0.15) is 69.6 Å². The Morgan fingerprint density at radius 1 is 0.894 bits per heavy atom. The van der Waals surface area contributed by atoms with E-state index in [1.165, 1.54) is 14.2 Å². The SMILES string of the molecule is COC(=O)C(Cc1ccccc1)NC(=O)c1ccc2c(c1)C(=Cc1[nH]c(C)c(C(=O)NC(COC(C)(C)C)C(=O)OC)c1C)C(=O)N2. The molecule has 1 aliphatic rings. The van der Waals surface area contributed by atoms with Crippen molar-refractivity contribution in [2.75, 3.05) is 26.1 Å². The quantitative estimate of drug-likeness (QED) is 0.181. The van der Waals surface area contributed by atoms with Crippen molar-refractivity contribution in [3.63, 3.8) is 0 Å². The summed E-state index contributed by atoms with van der Waals surface area (Å²) < 4.78 is 15.5. The zero-order chi connectivity index (χ0) is 34.5.